The van der Waals surface area contributed by atoms with Gasteiger partial charge in [0, 0.05) is 0 Å². The van der Waals surface area contributed by atoms with Crippen LogP contribution in [-0.2, 0) is 21.5 Å². The van der Waals surface area contributed by atoms with Gasteiger partial charge in [0.1, 0.15) is 0 Å². The van der Waals surface area contributed by atoms with Gasteiger partial charge >= 0.3 is 178 Å². The fourth-order valence-corrected chi connectivity index (χ4v) is 4.04. The van der Waals surface area contributed by atoms with E-state index in [1.54, 1.807) is 17.4 Å². The summed E-state index contributed by atoms with van der Waals surface area (Å²) in [4.78, 5) is 7.28. The van der Waals surface area contributed by atoms with E-state index in [1.165, 1.54) is 10.4 Å². The van der Waals surface area contributed by atoms with Crippen molar-refractivity contribution in [1.29, 1.82) is 0 Å². The zero-order valence-electron chi connectivity index (χ0n) is 16.0. The molecule has 0 saturated carbocycles. The van der Waals surface area contributed by atoms with Crippen molar-refractivity contribution in [2.24, 2.45) is 4.99 Å². The number of para-hydroxylation sites is 1. The number of thiophene rings is 1. The van der Waals surface area contributed by atoms with E-state index >= 15 is 0 Å². The molecule has 4 heteroatoms. The van der Waals surface area contributed by atoms with Crippen LogP contribution in [0.5, 0.6) is 5.75 Å². The second kappa shape index (κ2) is 9.77. The molecule has 0 bridgehead atoms. The molecular weight excluding hydrogens is 409 g/mol. The molecule has 0 aliphatic heterocycles. The quantitative estimate of drug-likeness (QED) is 0.363. The van der Waals surface area contributed by atoms with E-state index < -0.39 is 0 Å². The predicted molar refractivity (Wildman–Crippen MR) is 117 cm³/mol. The minimum absolute atomic E-state index is 0.255. The molecule has 0 spiro atoms. The van der Waals surface area contributed by atoms with Crippen LogP contribution in [0.15, 0.2) is 77.4 Å². The van der Waals surface area contributed by atoms with Crippen molar-refractivity contribution in [3.05, 3.63) is 93.3 Å². The van der Waals surface area contributed by atoms with Crippen LogP contribution >= 0.6 is 11.3 Å². The summed E-state index contributed by atoms with van der Waals surface area (Å²) in [5, 5.41) is 10.2. The standard InChI is InChI=1S/C24H23NOS.Ni/c1-3-22(24-16-13-18(2)27-24)25-21(15-14-19-9-5-4-6-10-19)17-20-11-7-8-12-23(20)26;/h4-13,16-17,26H,14-15H2,1-2H3;. The Morgan fingerprint density at radius 2 is 1.75 bits per heavy atom. The SMILES string of the molecule is C[C](=[Ni])C(=NC(=Cc1ccccc1O)CCc1ccccc1)c1ccc(C)s1. The van der Waals surface area contributed by atoms with Gasteiger partial charge in [0.25, 0.3) is 0 Å². The van der Waals surface area contributed by atoms with Crippen LogP contribution in [-0.4, -0.2) is 15.3 Å². The molecule has 1 aromatic heterocycles. The number of phenols is 1. The fourth-order valence-electron chi connectivity index (χ4n) is 2.86. The van der Waals surface area contributed by atoms with Crippen molar-refractivity contribution >= 4 is 27.6 Å². The summed E-state index contributed by atoms with van der Waals surface area (Å²) in [6, 6.07) is 21.9. The Morgan fingerprint density at radius 1 is 1.04 bits per heavy atom. The van der Waals surface area contributed by atoms with E-state index in [4.69, 9.17) is 20.0 Å². The number of allylic oxidation sites excluding steroid dienone is 1. The van der Waals surface area contributed by atoms with E-state index in [1.807, 2.05) is 49.4 Å². The molecule has 0 aliphatic rings. The Kier molecular flexibility index (Phi) is 7.14. The molecule has 2 aromatic carbocycles. The summed E-state index contributed by atoms with van der Waals surface area (Å²) in [5.41, 5.74) is 3.79. The third kappa shape index (κ3) is 5.61. The van der Waals surface area contributed by atoms with Gasteiger partial charge in [-0.25, -0.2) is 0 Å². The zero-order chi connectivity index (χ0) is 19.9. The first-order valence-electron chi connectivity index (χ1n) is 9.17. The van der Waals surface area contributed by atoms with Crippen LogP contribution in [0.2, 0.25) is 0 Å². The second-order valence-electron chi connectivity index (χ2n) is 6.54. The van der Waals surface area contributed by atoms with E-state index in [0.29, 0.717) is 0 Å². The van der Waals surface area contributed by atoms with Crippen LogP contribution in [0.4, 0.5) is 0 Å². The molecule has 0 radical (unpaired) electrons. The van der Waals surface area contributed by atoms with Crippen LogP contribution < -0.4 is 0 Å². The number of aromatic hydroxyl groups is 1. The first-order chi connectivity index (χ1) is 13.5. The molecule has 28 heavy (non-hydrogen) atoms. The monoisotopic (exact) mass is 431 g/mol. The van der Waals surface area contributed by atoms with Gasteiger partial charge in [-0.1, -0.05) is 0 Å². The van der Waals surface area contributed by atoms with Crippen LogP contribution in [0.1, 0.15) is 34.2 Å². The van der Waals surface area contributed by atoms with Crippen molar-refractivity contribution in [1.82, 2.24) is 0 Å². The van der Waals surface area contributed by atoms with Gasteiger partial charge < -0.3 is 0 Å². The van der Waals surface area contributed by atoms with Crippen molar-refractivity contribution in [3.8, 4) is 5.75 Å². The number of aryl methyl sites for hydroxylation is 2. The Morgan fingerprint density at radius 3 is 2.39 bits per heavy atom. The molecule has 1 N–H and O–H groups in total. The molecule has 1 heterocycles. The Bertz CT molecular complexity index is 1020. The Hall–Kier alpha value is -2.29. The average molecular weight is 432 g/mol. The summed E-state index contributed by atoms with van der Waals surface area (Å²) in [5.74, 6) is 0.255. The number of benzene rings is 2. The molecule has 3 aromatic rings. The third-order valence-electron chi connectivity index (χ3n) is 4.31. The van der Waals surface area contributed by atoms with Crippen molar-refractivity contribution in [3.63, 3.8) is 0 Å². The number of hydrogen-bond acceptors (Lipinski definition) is 3. The number of aliphatic imine (C=N–C) groups is 1. The van der Waals surface area contributed by atoms with E-state index in [9.17, 15) is 5.11 Å². The number of rotatable bonds is 7. The van der Waals surface area contributed by atoms with Crippen molar-refractivity contribution in [2.45, 2.75) is 26.7 Å². The molecule has 146 valence electrons. The summed E-state index contributed by atoms with van der Waals surface area (Å²) >= 11 is 6.86. The maximum absolute atomic E-state index is 10.2. The second-order valence-corrected chi connectivity index (χ2v) is 8.57. The molecule has 0 saturated heterocycles. The average Bonchev–Trinajstić information content (AvgIpc) is 3.12. The van der Waals surface area contributed by atoms with E-state index in [-0.39, 0.29) is 5.75 Å². The number of hydrogen-bond donors (Lipinski definition) is 1. The van der Waals surface area contributed by atoms with Crippen LogP contribution in [0.3, 0.4) is 0 Å². The molecule has 2 nitrogen and oxygen atoms in total. The summed E-state index contributed by atoms with van der Waals surface area (Å²) in [7, 11) is 0. The van der Waals surface area contributed by atoms with Crippen molar-refractivity contribution < 1.29 is 20.1 Å². The zero-order valence-corrected chi connectivity index (χ0v) is 17.8. The van der Waals surface area contributed by atoms with Gasteiger partial charge in [0.15, 0.2) is 0 Å². The molecular formula is C24H23NNiOS. The van der Waals surface area contributed by atoms with E-state index in [2.05, 4.69) is 31.2 Å². The Labute approximate surface area is 178 Å². The van der Waals surface area contributed by atoms with Crippen molar-refractivity contribution in [2.75, 3.05) is 0 Å². The Balaban J connectivity index is 1.99. The first-order valence-corrected chi connectivity index (χ1v) is 10.5. The summed E-state index contributed by atoms with van der Waals surface area (Å²) in [6.45, 7) is 4.02. The summed E-state index contributed by atoms with van der Waals surface area (Å²) in [6.07, 6.45) is 3.60. The molecule has 0 aliphatic carbocycles. The van der Waals surface area contributed by atoms with Crippen LogP contribution in [0, 0.1) is 6.92 Å². The minimum atomic E-state index is 0.255. The molecule has 0 fully saturated rings. The van der Waals surface area contributed by atoms with Gasteiger partial charge in [-0.15, -0.1) is 0 Å². The summed E-state index contributed by atoms with van der Waals surface area (Å²) < 4.78 is 0.810. The number of nitrogens with zero attached hydrogens (tertiary/aromatic N) is 1. The van der Waals surface area contributed by atoms with Gasteiger partial charge in [-0.05, 0) is 0 Å². The normalized spacial score (nSPS) is 12.3. The third-order valence-corrected chi connectivity index (χ3v) is 5.55. The van der Waals surface area contributed by atoms with E-state index in [0.717, 1.165) is 39.2 Å². The number of phenolic OH excluding ortho intramolecular Hbond substituents is 1. The molecule has 0 atom stereocenters. The van der Waals surface area contributed by atoms with Gasteiger partial charge in [-0.2, -0.15) is 0 Å². The topological polar surface area (TPSA) is 32.6 Å². The first kappa shape index (κ1) is 20.4. The molecule has 3 rings (SSSR count). The van der Waals surface area contributed by atoms with Gasteiger partial charge in [-0.3, -0.25) is 0 Å². The fraction of sp³-hybridized carbons (Fsp3) is 0.167. The molecule has 0 amide bonds. The van der Waals surface area contributed by atoms with Gasteiger partial charge in [0.2, 0.25) is 0 Å². The maximum atomic E-state index is 10.2. The van der Waals surface area contributed by atoms with Gasteiger partial charge in [0.05, 0.1) is 0 Å². The predicted octanol–water partition coefficient (Wildman–Crippen LogP) is 5.96. The van der Waals surface area contributed by atoms with Crippen LogP contribution in [0.25, 0.3) is 6.08 Å². The molecule has 0 unspecified atom stereocenters.